The average molecular weight is 399 g/mol. The third-order valence-electron chi connectivity index (χ3n) is 4.11. The number of hydrogen-bond donors (Lipinski definition) is 1. The van der Waals surface area contributed by atoms with E-state index in [0.717, 1.165) is 6.26 Å². The molecule has 11 heteroatoms. The van der Waals surface area contributed by atoms with Crippen LogP contribution in [-0.2, 0) is 30.9 Å². The largest absolute Gasteiger partial charge is 0.464 e. The number of aromatic nitrogens is 1. The van der Waals surface area contributed by atoms with Crippen LogP contribution in [-0.4, -0.2) is 61.0 Å². The van der Waals surface area contributed by atoms with Crippen LogP contribution in [0.15, 0.2) is 24.5 Å². The van der Waals surface area contributed by atoms with Gasteiger partial charge in [0.2, 0.25) is 16.6 Å². The number of nitrogens with two attached hydrogens (primary N) is 1. The summed E-state index contributed by atoms with van der Waals surface area (Å²) in [4.78, 5) is 38.2. The molecule has 0 aromatic carbocycles. The van der Waals surface area contributed by atoms with E-state index in [4.69, 9.17) is 10.6 Å². The lowest BCUT2D eigenvalue weighted by Gasteiger charge is -2.21. The van der Waals surface area contributed by atoms with Gasteiger partial charge in [-0.1, -0.05) is 0 Å². The number of carbonyl (C=O) groups excluding carboxylic acids is 3. The molecule has 1 aliphatic heterocycles. The molecule has 0 spiro atoms. The summed E-state index contributed by atoms with van der Waals surface area (Å²) < 4.78 is 29.4. The number of hydrazine groups is 1. The fourth-order valence-electron chi connectivity index (χ4n) is 2.82. The SMILES string of the molecule is CCOC(=O)C1CCCN1C(=O)C[n+]1cccc(C(=O)N(N)S(C)(=O)=O)c1. The van der Waals surface area contributed by atoms with Crippen molar-refractivity contribution in [3.63, 3.8) is 0 Å². The summed E-state index contributed by atoms with van der Waals surface area (Å²) in [5.41, 5.74) is 0.0154. The Morgan fingerprint density at radius 3 is 2.74 bits per heavy atom. The van der Waals surface area contributed by atoms with Gasteiger partial charge in [0.1, 0.15) is 11.6 Å². The number of nitrogens with zero attached hydrogens (tertiary/aromatic N) is 3. The number of carbonyl (C=O) groups is 3. The molecule has 0 radical (unpaired) electrons. The molecule has 1 aromatic heterocycles. The van der Waals surface area contributed by atoms with E-state index in [1.807, 2.05) is 0 Å². The third-order valence-corrected chi connectivity index (χ3v) is 4.99. The number of amides is 2. The van der Waals surface area contributed by atoms with Crippen LogP contribution in [0.25, 0.3) is 0 Å². The minimum atomic E-state index is -3.90. The van der Waals surface area contributed by atoms with Crippen molar-refractivity contribution in [3.8, 4) is 0 Å². The molecule has 148 valence electrons. The Bertz CT molecular complexity index is 841. The van der Waals surface area contributed by atoms with Crippen molar-refractivity contribution < 1.29 is 32.1 Å². The number of hydrogen-bond acceptors (Lipinski definition) is 7. The summed E-state index contributed by atoms with van der Waals surface area (Å²) in [7, 11) is -3.90. The molecular weight excluding hydrogens is 376 g/mol. The molecule has 1 saturated heterocycles. The predicted molar refractivity (Wildman–Crippen MR) is 93.2 cm³/mol. The van der Waals surface area contributed by atoms with Crippen molar-refractivity contribution in [2.75, 3.05) is 19.4 Å². The first-order valence-corrected chi connectivity index (χ1v) is 10.2. The van der Waals surface area contributed by atoms with E-state index in [1.54, 1.807) is 13.1 Å². The van der Waals surface area contributed by atoms with E-state index in [-0.39, 0.29) is 29.0 Å². The highest BCUT2D eigenvalue weighted by atomic mass is 32.2. The van der Waals surface area contributed by atoms with Crippen LogP contribution in [0.5, 0.6) is 0 Å². The first-order valence-electron chi connectivity index (χ1n) is 8.39. The molecule has 0 bridgehead atoms. The number of pyridine rings is 1. The second kappa shape index (κ2) is 8.44. The zero-order valence-electron chi connectivity index (χ0n) is 15.2. The Balaban J connectivity index is 2.13. The summed E-state index contributed by atoms with van der Waals surface area (Å²) in [5, 5.41) is 0. The van der Waals surface area contributed by atoms with Gasteiger partial charge in [-0.2, -0.15) is 8.98 Å². The summed E-state index contributed by atoms with van der Waals surface area (Å²) in [6, 6.07) is 2.29. The van der Waals surface area contributed by atoms with Gasteiger partial charge in [0, 0.05) is 12.6 Å². The molecule has 1 aliphatic rings. The van der Waals surface area contributed by atoms with E-state index < -0.39 is 27.9 Å². The number of sulfonamides is 1. The molecule has 2 amide bonds. The highest BCUT2D eigenvalue weighted by molar-refractivity contribution is 7.88. The number of likely N-dealkylation sites (tertiary alicyclic amines) is 1. The zero-order chi connectivity index (χ0) is 20.2. The monoisotopic (exact) mass is 399 g/mol. The van der Waals surface area contributed by atoms with Crippen molar-refractivity contribution in [2.45, 2.75) is 32.4 Å². The van der Waals surface area contributed by atoms with Crippen molar-refractivity contribution >= 4 is 27.8 Å². The molecular formula is C16H23N4O6S+. The van der Waals surface area contributed by atoms with Gasteiger partial charge in [-0.25, -0.2) is 19.1 Å². The van der Waals surface area contributed by atoms with Gasteiger partial charge in [-0.3, -0.25) is 9.59 Å². The Kier molecular flexibility index (Phi) is 6.50. The molecule has 1 fully saturated rings. The normalized spacial score (nSPS) is 16.9. The topological polar surface area (TPSA) is 131 Å². The van der Waals surface area contributed by atoms with E-state index in [2.05, 4.69) is 0 Å². The van der Waals surface area contributed by atoms with Gasteiger partial charge in [0.05, 0.1) is 12.9 Å². The van der Waals surface area contributed by atoms with Gasteiger partial charge < -0.3 is 9.64 Å². The Morgan fingerprint density at radius 2 is 2.11 bits per heavy atom. The number of ether oxygens (including phenoxy) is 1. The summed E-state index contributed by atoms with van der Waals surface area (Å²) in [6.07, 6.45) is 4.96. The molecule has 2 N–H and O–H groups in total. The van der Waals surface area contributed by atoms with Crippen molar-refractivity contribution in [1.29, 1.82) is 0 Å². The molecule has 2 rings (SSSR count). The smallest absolute Gasteiger partial charge is 0.328 e. The average Bonchev–Trinajstić information content (AvgIpc) is 3.10. The number of esters is 1. The molecule has 27 heavy (non-hydrogen) atoms. The summed E-state index contributed by atoms with van der Waals surface area (Å²) >= 11 is 0. The van der Waals surface area contributed by atoms with Crippen LogP contribution in [0, 0.1) is 0 Å². The maximum absolute atomic E-state index is 12.6. The van der Waals surface area contributed by atoms with Gasteiger partial charge in [0.15, 0.2) is 12.4 Å². The van der Waals surface area contributed by atoms with Crippen LogP contribution < -0.4 is 10.4 Å². The number of rotatable bonds is 6. The third kappa shape index (κ3) is 5.01. The van der Waals surface area contributed by atoms with Gasteiger partial charge in [-0.05, 0) is 25.8 Å². The molecule has 10 nitrogen and oxygen atoms in total. The maximum Gasteiger partial charge on any atom is 0.328 e. The second-order valence-corrected chi connectivity index (χ2v) is 7.99. The molecule has 1 unspecified atom stereocenters. The van der Waals surface area contributed by atoms with Gasteiger partial charge in [-0.15, -0.1) is 0 Å². The fourth-order valence-corrected chi connectivity index (χ4v) is 3.23. The quantitative estimate of drug-likeness (QED) is 0.209. The Morgan fingerprint density at radius 1 is 1.41 bits per heavy atom. The summed E-state index contributed by atoms with van der Waals surface area (Å²) in [5.74, 6) is 3.68. The fraction of sp³-hybridized carbons (Fsp3) is 0.500. The lowest BCUT2D eigenvalue weighted by molar-refractivity contribution is -0.685. The van der Waals surface area contributed by atoms with Crippen LogP contribution in [0.1, 0.15) is 30.1 Å². The van der Waals surface area contributed by atoms with Gasteiger partial charge >= 0.3 is 5.97 Å². The molecule has 1 atom stereocenters. The first kappa shape index (κ1) is 20.8. The minimum Gasteiger partial charge on any atom is -0.464 e. The molecule has 0 aliphatic carbocycles. The van der Waals surface area contributed by atoms with Crippen LogP contribution in [0.4, 0.5) is 0 Å². The van der Waals surface area contributed by atoms with Crippen LogP contribution >= 0.6 is 0 Å². The molecule has 2 heterocycles. The Hall–Kier alpha value is -2.53. The lowest BCUT2D eigenvalue weighted by atomic mass is 10.2. The summed E-state index contributed by atoms with van der Waals surface area (Å²) in [6.45, 7) is 2.29. The lowest BCUT2D eigenvalue weighted by Crippen LogP contribution is -2.49. The Labute approximate surface area is 157 Å². The van der Waals surface area contributed by atoms with Crippen LogP contribution in [0.2, 0.25) is 0 Å². The highest BCUT2D eigenvalue weighted by Crippen LogP contribution is 2.18. The van der Waals surface area contributed by atoms with E-state index in [0.29, 0.717) is 19.4 Å². The minimum absolute atomic E-state index is 0.0154. The maximum atomic E-state index is 12.6. The van der Waals surface area contributed by atoms with Crippen molar-refractivity contribution in [2.24, 2.45) is 5.84 Å². The van der Waals surface area contributed by atoms with E-state index in [9.17, 15) is 22.8 Å². The molecule has 0 saturated carbocycles. The van der Waals surface area contributed by atoms with Crippen molar-refractivity contribution in [3.05, 3.63) is 30.1 Å². The second-order valence-electron chi connectivity index (χ2n) is 6.13. The van der Waals surface area contributed by atoms with E-state index >= 15 is 0 Å². The standard InChI is InChI=1S/C16H23N4O6S/c1-3-26-16(23)13-7-5-9-19(13)14(21)11-18-8-4-6-12(10-18)15(22)20(17)27(2,24)25/h4,6,8,10,13H,3,5,7,9,11,17H2,1-2H3/q+1. The first-order chi connectivity index (χ1) is 12.6. The van der Waals surface area contributed by atoms with Crippen LogP contribution in [0.3, 0.4) is 0 Å². The van der Waals surface area contributed by atoms with E-state index in [1.165, 1.54) is 27.8 Å². The highest BCUT2D eigenvalue weighted by Gasteiger charge is 2.36. The molecule has 1 aromatic rings. The zero-order valence-corrected chi connectivity index (χ0v) is 16.0. The predicted octanol–water partition coefficient (Wildman–Crippen LogP) is -1.20. The van der Waals surface area contributed by atoms with Gasteiger partial charge in [0.25, 0.3) is 11.8 Å². The van der Waals surface area contributed by atoms with Crippen molar-refractivity contribution in [1.82, 2.24) is 9.31 Å².